The molecule has 2 nitrogen and oxygen atoms in total. The maximum absolute atomic E-state index is 13.2. The highest BCUT2D eigenvalue weighted by atomic mass is 19.1. The fourth-order valence-corrected chi connectivity index (χ4v) is 2.79. The molecule has 0 radical (unpaired) electrons. The summed E-state index contributed by atoms with van der Waals surface area (Å²) in [4.78, 5) is 0. The molecule has 100 valence electrons. The normalized spacial score (nSPS) is 19.9. The second kappa shape index (κ2) is 5.27. The van der Waals surface area contributed by atoms with E-state index in [0.717, 1.165) is 6.54 Å². The lowest BCUT2D eigenvalue weighted by molar-refractivity contribution is 0.300. The van der Waals surface area contributed by atoms with Crippen LogP contribution in [0.1, 0.15) is 51.1 Å². The third-order valence-electron chi connectivity index (χ3n) is 4.10. The number of hydrogen-bond donors (Lipinski definition) is 2. The van der Waals surface area contributed by atoms with Gasteiger partial charge in [-0.15, -0.1) is 0 Å². The van der Waals surface area contributed by atoms with Gasteiger partial charge in [-0.25, -0.2) is 4.39 Å². The van der Waals surface area contributed by atoms with Gasteiger partial charge in [-0.1, -0.05) is 19.8 Å². The van der Waals surface area contributed by atoms with Gasteiger partial charge in [0.05, 0.1) is 0 Å². The van der Waals surface area contributed by atoms with Crippen molar-refractivity contribution in [3.05, 3.63) is 29.6 Å². The number of halogens is 1. The van der Waals surface area contributed by atoms with Gasteiger partial charge in [0, 0.05) is 18.2 Å². The van der Waals surface area contributed by atoms with Crippen LogP contribution in [-0.2, 0) is 0 Å². The second-order valence-corrected chi connectivity index (χ2v) is 5.82. The molecule has 0 spiro atoms. The summed E-state index contributed by atoms with van der Waals surface area (Å²) in [5.74, 6) is -0.142. The molecule has 1 aliphatic carbocycles. The van der Waals surface area contributed by atoms with Gasteiger partial charge in [0.1, 0.15) is 11.6 Å². The minimum Gasteiger partial charge on any atom is -0.508 e. The van der Waals surface area contributed by atoms with Crippen molar-refractivity contribution < 1.29 is 9.50 Å². The Labute approximate surface area is 108 Å². The summed E-state index contributed by atoms with van der Waals surface area (Å²) in [6, 6.07) is 4.08. The van der Waals surface area contributed by atoms with E-state index in [1.54, 1.807) is 0 Å². The third kappa shape index (κ3) is 3.02. The van der Waals surface area contributed by atoms with Crippen LogP contribution in [0.3, 0.4) is 0 Å². The Bertz CT molecular complexity index is 413. The molecular formula is C15H22FNO. The number of aromatic hydroxyl groups is 1. The predicted molar refractivity (Wildman–Crippen MR) is 71.1 cm³/mol. The summed E-state index contributed by atoms with van der Waals surface area (Å²) in [7, 11) is 0. The van der Waals surface area contributed by atoms with Crippen LogP contribution >= 0.6 is 0 Å². The number of phenolic OH excluding ortho intramolecular Hbond substituents is 1. The van der Waals surface area contributed by atoms with Gasteiger partial charge < -0.3 is 10.4 Å². The Hall–Kier alpha value is -1.09. The minimum absolute atomic E-state index is 0.0295. The SMILES string of the molecule is CC(NCC1(C)CCCC1)c1cc(F)ccc1O. The zero-order valence-corrected chi connectivity index (χ0v) is 11.2. The van der Waals surface area contributed by atoms with Crippen LogP contribution in [0.25, 0.3) is 0 Å². The summed E-state index contributed by atoms with van der Waals surface area (Å²) < 4.78 is 13.2. The van der Waals surface area contributed by atoms with Gasteiger partial charge in [0.15, 0.2) is 0 Å². The quantitative estimate of drug-likeness (QED) is 0.854. The molecule has 0 aromatic heterocycles. The lowest BCUT2D eigenvalue weighted by Gasteiger charge is -2.26. The standard InChI is InChI=1S/C15H22FNO/c1-11(13-9-12(16)5-6-14(13)18)17-10-15(2)7-3-4-8-15/h5-6,9,11,17-18H,3-4,7-8,10H2,1-2H3. The molecule has 1 fully saturated rings. The molecule has 1 aromatic rings. The van der Waals surface area contributed by atoms with Gasteiger partial charge >= 0.3 is 0 Å². The van der Waals surface area contributed by atoms with Crippen molar-refractivity contribution >= 4 is 0 Å². The van der Waals surface area contributed by atoms with E-state index in [-0.39, 0.29) is 17.6 Å². The Morgan fingerprint density at radius 2 is 2.06 bits per heavy atom. The molecule has 0 saturated heterocycles. The number of rotatable bonds is 4. The van der Waals surface area contributed by atoms with Crippen molar-refractivity contribution in [2.75, 3.05) is 6.54 Å². The van der Waals surface area contributed by atoms with E-state index in [0.29, 0.717) is 11.0 Å². The molecule has 0 bridgehead atoms. The van der Waals surface area contributed by atoms with Gasteiger partial charge in [-0.3, -0.25) is 0 Å². The van der Waals surface area contributed by atoms with E-state index in [1.807, 2.05) is 6.92 Å². The average Bonchev–Trinajstić information content (AvgIpc) is 2.77. The number of phenols is 1. The van der Waals surface area contributed by atoms with Gasteiger partial charge in [0.2, 0.25) is 0 Å². The molecule has 0 aliphatic heterocycles. The van der Waals surface area contributed by atoms with E-state index >= 15 is 0 Å². The molecule has 3 heteroatoms. The van der Waals surface area contributed by atoms with E-state index < -0.39 is 0 Å². The zero-order valence-electron chi connectivity index (χ0n) is 11.2. The van der Waals surface area contributed by atoms with E-state index in [1.165, 1.54) is 43.9 Å². The van der Waals surface area contributed by atoms with Crippen LogP contribution in [-0.4, -0.2) is 11.7 Å². The fraction of sp³-hybridized carbons (Fsp3) is 0.600. The minimum atomic E-state index is -0.302. The number of benzene rings is 1. The van der Waals surface area contributed by atoms with Crippen LogP contribution in [0, 0.1) is 11.2 Å². The molecule has 2 N–H and O–H groups in total. The van der Waals surface area contributed by atoms with Crippen molar-refractivity contribution in [1.82, 2.24) is 5.32 Å². The molecule has 1 aliphatic rings. The van der Waals surface area contributed by atoms with E-state index in [2.05, 4.69) is 12.2 Å². The maximum atomic E-state index is 13.2. The summed E-state index contributed by atoms with van der Waals surface area (Å²) in [5, 5.41) is 13.2. The summed E-state index contributed by atoms with van der Waals surface area (Å²) in [6.07, 6.45) is 5.11. The molecule has 0 amide bonds. The van der Waals surface area contributed by atoms with Crippen LogP contribution in [0.15, 0.2) is 18.2 Å². The molecule has 2 rings (SSSR count). The molecular weight excluding hydrogens is 229 g/mol. The molecule has 1 atom stereocenters. The Morgan fingerprint density at radius 1 is 1.39 bits per heavy atom. The first-order valence-corrected chi connectivity index (χ1v) is 6.72. The highest BCUT2D eigenvalue weighted by Crippen LogP contribution is 2.37. The maximum Gasteiger partial charge on any atom is 0.123 e. The van der Waals surface area contributed by atoms with E-state index in [4.69, 9.17) is 0 Å². The smallest absolute Gasteiger partial charge is 0.123 e. The van der Waals surface area contributed by atoms with Crippen molar-refractivity contribution in [3.63, 3.8) is 0 Å². The highest BCUT2D eigenvalue weighted by Gasteiger charge is 2.28. The number of hydrogen-bond acceptors (Lipinski definition) is 2. The van der Waals surface area contributed by atoms with Crippen molar-refractivity contribution in [1.29, 1.82) is 0 Å². The molecule has 1 saturated carbocycles. The van der Waals surface area contributed by atoms with Crippen LogP contribution in [0.4, 0.5) is 4.39 Å². The lowest BCUT2D eigenvalue weighted by atomic mass is 9.88. The molecule has 0 heterocycles. The molecule has 1 unspecified atom stereocenters. The summed E-state index contributed by atoms with van der Waals surface area (Å²) in [5.41, 5.74) is 0.994. The van der Waals surface area contributed by atoms with E-state index in [9.17, 15) is 9.50 Å². The van der Waals surface area contributed by atoms with Crippen LogP contribution in [0.2, 0.25) is 0 Å². The first-order valence-electron chi connectivity index (χ1n) is 6.72. The Balaban J connectivity index is 1.99. The van der Waals surface area contributed by atoms with Gasteiger partial charge in [0.25, 0.3) is 0 Å². The van der Waals surface area contributed by atoms with Crippen molar-refractivity contribution in [2.45, 2.75) is 45.6 Å². The van der Waals surface area contributed by atoms with Crippen molar-refractivity contribution in [2.24, 2.45) is 5.41 Å². The number of nitrogens with one attached hydrogen (secondary N) is 1. The predicted octanol–water partition coefficient (Wildman–Crippen LogP) is 3.76. The molecule has 18 heavy (non-hydrogen) atoms. The van der Waals surface area contributed by atoms with Crippen molar-refractivity contribution in [3.8, 4) is 5.75 Å². The first-order chi connectivity index (χ1) is 8.50. The fourth-order valence-electron chi connectivity index (χ4n) is 2.79. The third-order valence-corrected chi connectivity index (χ3v) is 4.10. The topological polar surface area (TPSA) is 32.3 Å². The van der Waals surface area contributed by atoms with Crippen LogP contribution < -0.4 is 5.32 Å². The second-order valence-electron chi connectivity index (χ2n) is 5.82. The highest BCUT2D eigenvalue weighted by molar-refractivity contribution is 5.34. The largest absolute Gasteiger partial charge is 0.508 e. The first kappa shape index (κ1) is 13.3. The summed E-state index contributed by atoms with van der Waals surface area (Å²) >= 11 is 0. The summed E-state index contributed by atoms with van der Waals surface area (Å²) in [6.45, 7) is 5.18. The Kier molecular flexibility index (Phi) is 3.91. The monoisotopic (exact) mass is 251 g/mol. The van der Waals surface area contributed by atoms with Gasteiger partial charge in [-0.05, 0) is 43.4 Å². The lowest BCUT2D eigenvalue weighted by Crippen LogP contribution is -2.31. The van der Waals surface area contributed by atoms with Crippen LogP contribution in [0.5, 0.6) is 5.75 Å². The average molecular weight is 251 g/mol. The van der Waals surface area contributed by atoms with Gasteiger partial charge in [-0.2, -0.15) is 0 Å². The molecule has 1 aromatic carbocycles. The zero-order chi connectivity index (χ0) is 13.2. The Morgan fingerprint density at radius 3 is 2.72 bits per heavy atom.